The van der Waals surface area contributed by atoms with Crippen molar-refractivity contribution in [1.82, 2.24) is 0 Å². The molecule has 0 aromatic heterocycles. The molecule has 3 atom stereocenters. The van der Waals surface area contributed by atoms with E-state index in [1.54, 1.807) is 0 Å². The van der Waals surface area contributed by atoms with Crippen molar-refractivity contribution in [3.8, 4) is 0 Å². The van der Waals surface area contributed by atoms with E-state index in [0.717, 1.165) is 11.4 Å². The molecule has 0 unspecified atom stereocenters. The van der Waals surface area contributed by atoms with Gasteiger partial charge in [-0.2, -0.15) is 0 Å². The van der Waals surface area contributed by atoms with Crippen LogP contribution in [0.1, 0.15) is 29.5 Å². The number of hydrogen-bond donors (Lipinski definition) is 1. The monoisotopic (exact) mass is 281 g/mol. The molecule has 0 spiro atoms. The molecule has 0 bridgehead atoms. The summed E-state index contributed by atoms with van der Waals surface area (Å²) in [5, 5.41) is 4.54. The van der Waals surface area contributed by atoms with E-state index in [0.29, 0.717) is 17.9 Å². The van der Waals surface area contributed by atoms with Gasteiger partial charge in [-0.05, 0) is 41.7 Å². The highest BCUT2D eigenvalue weighted by Gasteiger charge is 2.37. The van der Waals surface area contributed by atoms with Gasteiger partial charge in [0, 0.05) is 16.6 Å². The summed E-state index contributed by atoms with van der Waals surface area (Å²) in [4.78, 5) is 0. The molecule has 20 heavy (non-hydrogen) atoms. The maximum absolute atomic E-state index is 6.17. The van der Waals surface area contributed by atoms with E-state index in [4.69, 9.17) is 11.6 Å². The molecule has 0 saturated heterocycles. The minimum Gasteiger partial charge on any atom is -0.378 e. The summed E-state index contributed by atoms with van der Waals surface area (Å²) in [6.45, 7) is 0. The number of fused-ring (bicyclic) bond motifs is 3. The molecule has 2 aliphatic rings. The summed E-state index contributed by atoms with van der Waals surface area (Å²) in [7, 11) is 0. The largest absolute Gasteiger partial charge is 0.378 e. The van der Waals surface area contributed by atoms with Crippen LogP contribution in [0.5, 0.6) is 0 Å². The number of benzene rings is 2. The van der Waals surface area contributed by atoms with E-state index in [-0.39, 0.29) is 0 Å². The van der Waals surface area contributed by atoms with Gasteiger partial charge in [-0.25, -0.2) is 0 Å². The zero-order valence-corrected chi connectivity index (χ0v) is 11.8. The summed E-state index contributed by atoms with van der Waals surface area (Å²) in [5.74, 6) is 1.07. The lowest BCUT2D eigenvalue weighted by molar-refractivity contribution is 0.425. The molecule has 0 amide bonds. The van der Waals surface area contributed by atoms with Gasteiger partial charge in [0.05, 0.1) is 6.04 Å². The highest BCUT2D eigenvalue weighted by molar-refractivity contribution is 6.30. The van der Waals surface area contributed by atoms with Crippen LogP contribution in [0.4, 0.5) is 5.69 Å². The smallest absolute Gasteiger partial charge is 0.0553 e. The van der Waals surface area contributed by atoms with Crippen molar-refractivity contribution in [3.63, 3.8) is 0 Å². The average molecular weight is 282 g/mol. The fourth-order valence-corrected chi connectivity index (χ4v) is 3.74. The van der Waals surface area contributed by atoms with Crippen LogP contribution in [0, 0.1) is 5.92 Å². The number of halogens is 1. The van der Waals surface area contributed by atoms with Crippen LogP contribution in [-0.2, 0) is 0 Å². The summed E-state index contributed by atoms with van der Waals surface area (Å²) < 4.78 is 0. The van der Waals surface area contributed by atoms with Gasteiger partial charge < -0.3 is 5.32 Å². The lowest BCUT2D eigenvalue weighted by atomic mass is 9.77. The minimum atomic E-state index is 0.380. The van der Waals surface area contributed by atoms with Gasteiger partial charge in [0.25, 0.3) is 0 Å². The van der Waals surface area contributed by atoms with Crippen molar-refractivity contribution in [2.24, 2.45) is 5.92 Å². The Bertz CT molecular complexity index is 662. The van der Waals surface area contributed by atoms with Gasteiger partial charge in [-0.1, -0.05) is 54.1 Å². The second-order valence-electron chi connectivity index (χ2n) is 5.62. The molecule has 2 aromatic carbocycles. The Morgan fingerprint density at radius 3 is 2.75 bits per heavy atom. The van der Waals surface area contributed by atoms with Gasteiger partial charge in [0.1, 0.15) is 0 Å². The zero-order valence-electron chi connectivity index (χ0n) is 11.1. The first-order chi connectivity index (χ1) is 9.83. The fraction of sp³-hybridized carbons (Fsp3) is 0.222. The van der Waals surface area contributed by atoms with Crippen LogP contribution in [0.2, 0.25) is 5.02 Å². The van der Waals surface area contributed by atoms with Crippen molar-refractivity contribution < 1.29 is 0 Å². The van der Waals surface area contributed by atoms with E-state index in [1.165, 1.54) is 16.8 Å². The number of nitrogens with one attached hydrogen (secondary N) is 1. The Balaban J connectivity index is 1.80. The van der Waals surface area contributed by atoms with Crippen LogP contribution in [0.15, 0.2) is 60.7 Å². The van der Waals surface area contributed by atoms with E-state index in [2.05, 4.69) is 59.9 Å². The molecule has 2 heteroatoms. The summed E-state index contributed by atoms with van der Waals surface area (Å²) in [5.41, 5.74) is 3.92. The molecule has 2 aromatic rings. The minimum absolute atomic E-state index is 0.380. The number of allylic oxidation sites excluding steroid dienone is 2. The molecular weight excluding hydrogens is 266 g/mol. The van der Waals surface area contributed by atoms with Crippen molar-refractivity contribution in [3.05, 3.63) is 76.8 Å². The van der Waals surface area contributed by atoms with Crippen LogP contribution in [-0.4, -0.2) is 0 Å². The van der Waals surface area contributed by atoms with Crippen LogP contribution < -0.4 is 5.32 Å². The highest BCUT2D eigenvalue weighted by Crippen LogP contribution is 2.50. The average Bonchev–Trinajstić information content (AvgIpc) is 2.97. The Hall–Kier alpha value is -1.73. The molecule has 0 saturated carbocycles. The van der Waals surface area contributed by atoms with Crippen LogP contribution >= 0.6 is 11.6 Å². The molecule has 100 valence electrons. The topological polar surface area (TPSA) is 12.0 Å². The Kier molecular flexibility index (Phi) is 2.82. The van der Waals surface area contributed by atoms with Crippen molar-refractivity contribution in [2.75, 3.05) is 5.32 Å². The van der Waals surface area contributed by atoms with Crippen molar-refractivity contribution in [1.29, 1.82) is 0 Å². The first-order valence-electron chi connectivity index (χ1n) is 7.10. The van der Waals surface area contributed by atoms with Crippen LogP contribution in [0.3, 0.4) is 0 Å². The number of anilines is 1. The standard InChI is InChI=1S/C18H16ClN/c19-13-9-10-17-16(11-13)14-7-4-8-15(14)18(20-17)12-5-2-1-3-6-12/h1-7,9-11,14-15,18,20H,8H2/t14-,15+,18+/m1/s1. The quantitative estimate of drug-likeness (QED) is 0.711. The lowest BCUT2D eigenvalue weighted by Gasteiger charge is -2.37. The van der Waals surface area contributed by atoms with Gasteiger partial charge in [0.2, 0.25) is 0 Å². The van der Waals surface area contributed by atoms with E-state index in [9.17, 15) is 0 Å². The predicted molar refractivity (Wildman–Crippen MR) is 84.2 cm³/mol. The van der Waals surface area contributed by atoms with Crippen LogP contribution in [0.25, 0.3) is 0 Å². The summed E-state index contributed by atoms with van der Waals surface area (Å²) in [6, 6.07) is 17.3. The third-order valence-electron chi connectivity index (χ3n) is 4.48. The molecule has 0 radical (unpaired) electrons. The van der Waals surface area contributed by atoms with Gasteiger partial charge in [-0.3, -0.25) is 0 Å². The van der Waals surface area contributed by atoms with Gasteiger partial charge >= 0.3 is 0 Å². The number of rotatable bonds is 1. The third-order valence-corrected chi connectivity index (χ3v) is 4.72. The highest BCUT2D eigenvalue weighted by atomic mass is 35.5. The van der Waals surface area contributed by atoms with Crippen molar-refractivity contribution >= 4 is 17.3 Å². The van der Waals surface area contributed by atoms with E-state index in [1.807, 2.05) is 6.07 Å². The molecule has 4 rings (SSSR count). The molecule has 1 heterocycles. The third kappa shape index (κ3) is 1.85. The zero-order chi connectivity index (χ0) is 13.5. The van der Waals surface area contributed by atoms with Crippen molar-refractivity contribution in [2.45, 2.75) is 18.4 Å². The molecular formula is C18H16ClN. The SMILES string of the molecule is Clc1ccc2c(c1)[C@@H]1C=CC[C@@H]1[C@H](c1ccccc1)N2. The second kappa shape index (κ2) is 4.68. The molecule has 1 N–H and O–H groups in total. The van der Waals surface area contributed by atoms with Gasteiger partial charge in [0.15, 0.2) is 0 Å². The van der Waals surface area contributed by atoms with E-state index < -0.39 is 0 Å². The first-order valence-corrected chi connectivity index (χ1v) is 7.48. The summed E-state index contributed by atoms with van der Waals surface area (Å²) in [6.07, 6.45) is 5.78. The second-order valence-corrected chi connectivity index (χ2v) is 6.05. The fourth-order valence-electron chi connectivity index (χ4n) is 3.56. The predicted octanol–water partition coefficient (Wildman–Crippen LogP) is 5.17. The maximum Gasteiger partial charge on any atom is 0.0553 e. The Morgan fingerprint density at radius 1 is 1.05 bits per heavy atom. The maximum atomic E-state index is 6.17. The molecule has 1 aliphatic carbocycles. The normalized spacial score (nSPS) is 26.8. The lowest BCUT2D eigenvalue weighted by Crippen LogP contribution is -2.28. The Labute approximate surface area is 124 Å². The van der Waals surface area contributed by atoms with E-state index >= 15 is 0 Å². The molecule has 1 aliphatic heterocycles. The first kappa shape index (κ1) is 12.0. The Morgan fingerprint density at radius 2 is 1.90 bits per heavy atom. The number of hydrogen-bond acceptors (Lipinski definition) is 1. The van der Waals surface area contributed by atoms with Gasteiger partial charge in [-0.15, -0.1) is 0 Å². The molecule has 1 nitrogen and oxygen atoms in total. The summed E-state index contributed by atoms with van der Waals surface area (Å²) >= 11 is 6.17. The molecule has 0 fully saturated rings.